The molecule has 2 aromatic rings. The number of rotatable bonds is 8. The van der Waals surface area contributed by atoms with Gasteiger partial charge in [-0.25, -0.2) is 16.8 Å². The Bertz CT molecular complexity index is 1410. The first-order chi connectivity index (χ1) is 18.0. The number of ether oxygens (including phenoxy) is 2. The molecule has 0 radical (unpaired) electrons. The van der Waals surface area contributed by atoms with Crippen LogP contribution in [0.2, 0.25) is 0 Å². The minimum absolute atomic E-state index is 0.00549. The van der Waals surface area contributed by atoms with Gasteiger partial charge in [-0.2, -0.15) is 8.61 Å². The molecule has 2 aliphatic rings. The van der Waals surface area contributed by atoms with Crippen molar-refractivity contribution in [3.05, 3.63) is 54.1 Å². The quantitative estimate of drug-likeness (QED) is 0.523. The van der Waals surface area contributed by atoms with Crippen molar-refractivity contribution < 1.29 is 31.4 Å². The maximum atomic E-state index is 13.7. The molecule has 38 heavy (non-hydrogen) atoms. The van der Waals surface area contributed by atoms with Crippen molar-refractivity contribution in [3.8, 4) is 11.5 Å². The van der Waals surface area contributed by atoms with E-state index in [1.807, 2.05) is 6.92 Å². The van der Waals surface area contributed by atoms with Gasteiger partial charge in [-0.1, -0.05) is 25.1 Å². The number of sulfonamides is 2. The van der Waals surface area contributed by atoms with E-state index in [9.17, 15) is 21.9 Å². The first kappa shape index (κ1) is 28.6. The highest BCUT2D eigenvalue weighted by atomic mass is 32.2. The van der Waals surface area contributed by atoms with Crippen LogP contribution in [-0.4, -0.2) is 76.6 Å². The van der Waals surface area contributed by atoms with E-state index in [0.29, 0.717) is 5.75 Å². The normalized spacial score (nSPS) is 22.6. The smallest absolute Gasteiger partial charge is 0.247 e. The number of fused-ring (bicyclic) bond motifs is 1. The van der Waals surface area contributed by atoms with E-state index in [-0.39, 0.29) is 41.2 Å². The lowest BCUT2D eigenvalue weighted by Gasteiger charge is -2.37. The van der Waals surface area contributed by atoms with Crippen molar-refractivity contribution in [2.45, 2.75) is 55.0 Å². The Morgan fingerprint density at radius 1 is 1.24 bits per heavy atom. The fraction of sp³-hybridized carbons (Fsp3) is 0.481. The lowest BCUT2D eigenvalue weighted by Crippen LogP contribution is -2.50. The molecule has 11 heteroatoms. The predicted molar refractivity (Wildman–Crippen MR) is 145 cm³/mol. The third-order valence-electron chi connectivity index (χ3n) is 7.27. The van der Waals surface area contributed by atoms with Gasteiger partial charge in [0.1, 0.15) is 22.5 Å². The second-order valence-corrected chi connectivity index (χ2v) is 13.9. The lowest BCUT2D eigenvalue weighted by molar-refractivity contribution is 0.0904. The summed E-state index contributed by atoms with van der Waals surface area (Å²) < 4.78 is 68.2. The number of aliphatic hydroxyl groups excluding tert-OH is 1. The standard InChI is InChI=1S/C27H36N2O7S2/c1-19-16-29(20(2)18-30)38(33,34)27-13-12-22(21-8-5-6-9-21)14-25(27)36-26(19)17-28(3)37(31,32)24-11-7-10-23(15-24)35-4/h7-8,10-15,19-20,26,30H,5-6,9,16-18H2,1-4H3/t19-,20+,26+/m1/s1. The Labute approximate surface area is 225 Å². The molecule has 1 heterocycles. The van der Waals surface area contributed by atoms with Crippen LogP contribution in [0, 0.1) is 5.92 Å². The SMILES string of the molecule is COc1cccc(S(=O)(=O)N(C)C[C@@H]2Oc3cc(C4=CCCC4)ccc3S(=O)(=O)N([C@@H](C)CO)C[C@H]2C)c1. The Hall–Kier alpha value is -2.44. The molecule has 208 valence electrons. The molecule has 2 aromatic carbocycles. The van der Waals surface area contributed by atoms with E-state index in [0.717, 1.165) is 30.4 Å². The van der Waals surface area contributed by atoms with Gasteiger partial charge in [0.25, 0.3) is 0 Å². The molecule has 0 saturated carbocycles. The van der Waals surface area contributed by atoms with E-state index in [1.54, 1.807) is 37.3 Å². The number of hydrogen-bond donors (Lipinski definition) is 1. The molecule has 3 atom stereocenters. The molecule has 0 spiro atoms. The van der Waals surface area contributed by atoms with Gasteiger partial charge < -0.3 is 14.6 Å². The Balaban J connectivity index is 1.73. The van der Waals surface area contributed by atoms with Crippen LogP contribution in [-0.2, 0) is 20.0 Å². The highest BCUT2D eigenvalue weighted by Gasteiger charge is 2.39. The number of aliphatic hydroxyl groups is 1. The molecule has 4 rings (SSSR count). The molecule has 0 unspecified atom stereocenters. The zero-order chi connectivity index (χ0) is 27.7. The summed E-state index contributed by atoms with van der Waals surface area (Å²) in [6.07, 6.45) is 4.41. The van der Waals surface area contributed by atoms with Gasteiger partial charge in [-0.15, -0.1) is 0 Å². The summed E-state index contributed by atoms with van der Waals surface area (Å²) in [4.78, 5) is 0.0992. The largest absolute Gasteiger partial charge is 0.497 e. The highest BCUT2D eigenvalue weighted by Crippen LogP contribution is 2.37. The number of benzene rings is 2. The Morgan fingerprint density at radius 3 is 2.66 bits per heavy atom. The number of methoxy groups -OCH3 is 1. The molecular weight excluding hydrogens is 528 g/mol. The molecule has 0 aromatic heterocycles. The third-order valence-corrected chi connectivity index (χ3v) is 11.1. The van der Waals surface area contributed by atoms with E-state index < -0.39 is 32.2 Å². The van der Waals surface area contributed by atoms with Crippen LogP contribution < -0.4 is 9.47 Å². The maximum Gasteiger partial charge on any atom is 0.247 e. The van der Waals surface area contributed by atoms with Gasteiger partial charge in [0.15, 0.2) is 0 Å². The van der Waals surface area contributed by atoms with Crippen molar-refractivity contribution in [3.63, 3.8) is 0 Å². The van der Waals surface area contributed by atoms with E-state index in [1.165, 1.54) is 34.9 Å². The summed E-state index contributed by atoms with van der Waals surface area (Å²) in [7, 11) is -4.90. The molecular formula is C27H36N2O7S2. The van der Waals surface area contributed by atoms with Crippen LogP contribution in [0.3, 0.4) is 0 Å². The molecule has 0 saturated heterocycles. The Morgan fingerprint density at radius 2 is 2.00 bits per heavy atom. The number of likely N-dealkylation sites (N-methyl/N-ethyl adjacent to an activating group) is 1. The maximum absolute atomic E-state index is 13.7. The fourth-order valence-electron chi connectivity index (χ4n) is 4.87. The van der Waals surface area contributed by atoms with E-state index in [2.05, 4.69) is 6.08 Å². The Kier molecular flexibility index (Phi) is 8.53. The molecule has 1 N–H and O–H groups in total. The lowest BCUT2D eigenvalue weighted by atomic mass is 10.0. The summed E-state index contributed by atoms with van der Waals surface area (Å²) in [6.45, 7) is 3.20. The van der Waals surface area contributed by atoms with Gasteiger partial charge in [0.05, 0.1) is 25.2 Å². The van der Waals surface area contributed by atoms with Crippen LogP contribution >= 0.6 is 0 Å². The summed E-state index contributed by atoms with van der Waals surface area (Å²) in [5.74, 6) is 0.231. The van der Waals surface area contributed by atoms with Gasteiger partial charge in [-0.3, -0.25) is 0 Å². The first-order valence-corrected chi connectivity index (χ1v) is 15.6. The van der Waals surface area contributed by atoms with Crippen molar-refractivity contribution >= 4 is 25.6 Å². The molecule has 0 bridgehead atoms. The fourth-order valence-corrected chi connectivity index (χ4v) is 7.91. The van der Waals surface area contributed by atoms with Crippen LogP contribution in [0.5, 0.6) is 11.5 Å². The van der Waals surface area contributed by atoms with Crippen LogP contribution in [0.15, 0.2) is 58.3 Å². The zero-order valence-corrected chi connectivity index (χ0v) is 23.8. The summed E-state index contributed by atoms with van der Waals surface area (Å²) >= 11 is 0. The van der Waals surface area contributed by atoms with Crippen LogP contribution in [0.25, 0.3) is 5.57 Å². The summed E-state index contributed by atoms with van der Waals surface area (Å²) in [5.41, 5.74) is 2.03. The average molecular weight is 565 g/mol. The van der Waals surface area contributed by atoms with Crippen molar-refractivity contribution in [2.24, 2.45) is 5.92 Å². The second-order valence-electron chi connectivity index (χ2n) is 9.99. The van der Waals surface area contributed by atoms with E-state index in [4.69, 9.17) is 9.47 Å². The molecule has 0 amide bonds. The minimum Gasteiger partial charge on any atom is -0.497 e. The second kappa shape index (κ2) is 11.4. The van der Waals surface area contributed by atoms with E-state index >= 15 is 0 Å². The minimum atomic E-state index is -3.98. The monoisotopic (exact) mass is 564 g/mol. The number of allylic oxidation sites excluding steroid dienone is 2. The molecule has 1 aliphatic heterocycles. The summed E-state index contributed by atoms with van der Waals surface area (Å²) in [6, 6.07) is 10.7. The van der Waals surface area contributed by atoms with Crippen molar-refractivity contribution in [1.29, 1.82) is 0 Å². The topological polar surface area (TPSA) is 113 Å². The number of nitrogens with zero attached hydrogens (tertiary/aromatic N) is 2. The van der Waals surface area contributed by atoms with Crippen molar-refractivity contribution in [2.75, 3.05) is 33.9 Å². The van der Waals surface area contributed by atoms with Gasteiger partial charge in [-0.05, 0) is 61.6 Å². The average Bonchev–Trinajstić information content (AvgIpc) is 3.45. The molecule has 0 fully saturated rings. The van der Waals surface area contributed by atoms with Gasteiger partial charge in [0, 0.05) is 31.6 Å². The van der Waals surface area contributed by atoms with Gasteiger partial charge >= 0.3 is 0 Å². The zero-order valence-electron chi connectivity index (χ0n) is 22.2. The highest BCUT2D eigenvalue weighted by molar-refractivity contribution is 7.89. The van der Waals surface area contributed by atoms with Crippen LogP contribution in [0.1, 0.15) is 38.7 Å². The predicted octanol–water partition coefficient (Wildman–Crippen LogP) is 3.35. The molecule has 1 aliphatic carbocycles. The van der Waals surface area contributed by atoms with Gasteiger partial charge in [0.2, 0.25) is 20.0 Å². The third kappa shape index (κ3) is 5.62. The molecule has 9 nitrogen and oxygen atoms in total. The number of hydrogen-bond acceptors (Lipinski definition) is 7. The summed E-state index contributed by atoms with van der Waals surface area (Å²) in [5, 5.41) is 9.85. The van der Waals surface area contributed by atoms with Crippen LogP contribution in [0.4, 0.5) is 0 Å². The first-order valence-electron chi connectivity index (χ1n) is 12.7. The van der Waals surface area contributed by atoms with Crippen molar-refractivity contribution in [1.82, 2.24) is 8.61 Å².